The van der Waals surface area contributed by atoms with E-state index in [0.29, 0.717) is 11.1 Å². The minimum Gasteiger partial charge on any atom is -0.465 e. The van der Waals surface area contributed by atoms with Gasteiger partial charge in [0.25, 0.3) is 0 Å². The lowest BCUT2D eigenvalue weighted by atomic mass is 10.1. The molecule has 0 amide bonds. The van der Waals surface area contributed by atoms with E-state index >= 15 is 0 Å². The van der Waals surface area contributed by atoms with Gasteiger partial charge < -0.3 is 13.7 Å². The molecule has 0 radical (unpaired) electrons. The molecule has 0 aliphatic rings. The fourth-order valence-corrected chi connectivity index (χ4v) is 2.29. The maximum atomic E-state index is 12.5. The molecule has 2 rings (SSSR count). The first-order valence-corrected chi connectivity index (χ1v) is 7.78. The summed E-state index contributed by atoms with van der Waals surface area (Å²) in [7, 11) is -4.32. The first-order chi connectivity index (χ1) is 10.7. The molecular formula is C14H13F3O5S. The number of benzene rings is 2. The molecule has 0 bridgehead atoms. The average Bonchev–Trinajstić information content (AvgIpc) is 2.48. The van der Waals surface area contributed by atoms with Gasteiger partial charge in [0.1, 0.15) is 5.75 Å². The zero-order chi connectivity index (χ0) is 17.3. The quantitative estimate of drug-likeness (QED) is 0.470. The Kier molecular flexibility index (Phi) is 4.71. The maximum Gasteiger partial charge on any atom is 0.534 e. The van der Waals surface area contributed by atoms with Crippen LogP contribution in [0.15, 0.2) is 36.4 Å². The fourth-order valence-electron chi connectivity index (χ4n) is 1.81. The lowest BCUT2D eigenvalue weighted by molar-refractivity contribution is -0.0499. The van der Waals surface area contributed by atoms with E-state index < -0.39 is 27.7 Å². The Morgan fingerprint density at radius 1 is 1.00 bits per heavy atom. The van der Waals surface area contributed by atoms with E-state index in [1.54, 1.807) is 25.1 Å². The molecule has 0 spiro atoms. The Hall–Kier alpha value is -2.00. The maximum absolute atomic E-state index is 12.5. The van der Waals surface area contributed by atoms with Crippen molar-refractivity contribution in [2.75, 3.05) is 7.11 Å². The number of hydrogen-bond donors (Lipinski definition) is 0. The van der Waals surface area contributed by atoms with E-state index in [1.807, 2.05) is 0 Å². The second kappa shape index (κ2) is 6.25. The Morgan fingerprint density at radius 2 is 1.52 bits per heavy atom. The molecule has 0 aliphatic heterocycles. The number of ether oxygens (including phenoxy) is 2. The summed E-state index contributed by atoms with van der Waals surface area (Å²) in [5, 5.41) is 0.562. The van der Waals surface area contributed by atoms with Crippen molar-refractivity contribution in [2.24, 2.45) is 0 Å². The zero-order valence-electron chi connectivity index (χ0n) is 12.1. The third-order valence-electron chi connectivity index (χ3n) is 2.95. The number of fused-ring (bicyclic) bond motifs is 1. The predicted octanol–water partition coefficient (Wildman–Crippen LogP) is 3.44. The number of methoxy groups -OCH3 is 1. The predicted molar refractivity (Wildman–Crippen MR) is 76.6 cm³/mol. The Morgan fingerprint density at radius 3 is 2.04 bits per heavy atom. The minimum absolute atomic E-state index is 0.168. The van der Waals surface area contributed by atoms with E-state index in [-0.39, 0.29) is 5.39 Å². The molecule has 1 unspecified atom stereocenters. The fraction of sp³-hybridized carbons (Fsp3) is 0.286. The summed E-state index contributed by atoms with van der Waals surface area (Å²) in [6.07, 6.45) is -0.593. The molecule has 0 aromatic heterocycles. The normalized spacial score (nSPS) is 13.8. The molecule has 23 heavy (non-hydrogen) atoms. The van der Waals surface area contributed by atoms with Gasteiger partial charge >= 0.3 is 15.6 Å². The molecule has 9 heteroatoms. The van der Waals surface area contributed by atoms with Crippen LogP contribution in [-0.2, 0) is 14.9 Å². The van der Waals surface area contributed by atoms with Crippen molar-refractivity contribution in [1.29, 1.82) is 0 Å². The number of halogens is 3. The van der Waals surface area contributed by atoms with Gasteiger partial charge in [-0.05, 0) is 19.1 Å². The Balaban J connectivity index is 2.50. The molecule has 2 aromatic rings. The van der Waals surface area contributed by atoms with Crippen LogP contribution in [0.2, 0.25) is 0 Å². The van der Waals surface area contributed by atoms with Crippen LogP contribution < -0.4 is 8.92 Å². The summed E-state index contributed by atoms with van der Waals surface area (Å²) in [6, 6.07) is 8.59. The second-order valence-electron chi connectivity index (χ2n) is 4.51. The second-order valence-corrected chi connectivity index (χ2v) is 6.05. The highest BCUT2D eigenvalue weighted by atomic mass is 32.2. The Bertz CT molecular complexity index is 802. The monoisotopic (exact) mass is 350 g/mol. The van der Waals surface area contributed by atoms with E-state index in [1.165, 1.54) is 19.2 Å². The van der Waals surface area contributed by atoms with Crippen molar-refractivity contribution in [3.8, 4) is 11.5 Å². The van der Waals surface area contributed by atoms with Crippen molar-refractivity contribution in [3.05, 3.63) is 36.4 Å². The number of alkyl halides is 3. The molecule has 5 nitrogen and oxygen atoms in total. The molecule has 126 valence electrons. The summed E-state index contributed by atoms with van der Waals surface area (Å²) in [5.41, 5.74) is -5.51. The van der Waals surface area contributed by atoms with Crippen LogP contribution in [0, 0.1) is 0 Å². The van der Waals surface area contributed by atoms with E-state index in [4.69, 9.17) is 9.47 Å². The van der Waals surface area contributed by atoms with Crippen LogP contribution in [0.25, 0.3) is 10.8 Å². The molecule has 0 saturated carbocycles. The van der Waals surface area contributed by atoms with Crippen LogP contribution in [0.5, 0.6) is 11.5 Å². The van der Waals surface area contributed by atoms with Gasteiger partial charge in [-0.1, -0.05) is 24.3 Å². The molecule has 0 saturated heterocycles. The standard InChI is InChI=1S/C14H13F3O5S/c1-9(20-2)21-12-7-8-13(11-6-4-3-5-10(11)12)22-23(18,19)14(15,16)17/h3-9H,1-2H3. The van der Waals surface area contributed by atoms with Crippen molar-refractivity contribution in [1.82, 2.24) is 0 Å². The van der Waals surface area contributed by atoms with Gasteiger partial charge in [0.2, 0.25) is 0 Å². The molecular weight excluding hydrogens is 337 g/mol. The van der Waals surface area contributed by atoms with Gasteiger partial charge in [-0.15, -0.1) is 0 Å². The summed E-state index contributed by atoms with van der Waals surface area (Å²) < 4.78 is 74.4. The Labute approximate surface area is 130 Å². The first kappa shape index (κ1) is 17.4. The van der Waals surface area contributed by atoms with E-state index in [9.17, 15) is 21.6 Å². The van der Waals surface area contributed by atoms with Gasteiger partial charge in [-0.2, -0.15) is 21.6 Å². The van der Waals surface area contributed by atoms with Crippen LogP contribution in [0.1, 0.15) is 6.92 Å². The average molecular weight is 350 g/mol. The lowest BCUT2D eigenvalue weighted by Crippen LogP contribution is -2.28. The largest absolute Gasteiger partial charge is 0.534 e. The molecule has 0 aliphatic carbocycles. The molecule has 2 aromatic carbocycles. The topological polar surface area (TPSA) is 61.8 Å². The van der Waals surface area contributed by atoms with Crippen molar-refractivity contribution in [2.45, 2.75) is 18.7 Å². The highest BCUT2D eigenvalue weighted by Gasteiger charge is 2.48. The van der Waals surface area contributed by atoms with Crippen molar-refractivity contribution >= 4 is 20.9 Å². The molecule has 1 atom stereocenters. The summed E-state index contributed by atoms with van der Waals surface area (Å²) in [4.78, 5) is 0. The van der Waals surface area contributed by atoms with Gasteiger partial charge in [-0.3, -0.25) is 0 Å². The highest BCUT2D eigenvalue weighted by molar-refractivity contribution is 7.88. The lowest BCUT2D eigenvalue weighted by Gasteiger charge is -2.16. The van der Waals surface area contributed by atoms with E-state index in [0.717, 1.165) is 6.07 Å². The summed E-state index contributed by atoms with van der Waals surface area (Å²) in [5.74, 6) is -0.109. The van der Waals surface area contributed by atoms with E-state index in [2.05, 4.69) is 4.18 Å². The molecule has 0 N–H and O–H groups in total. The van der Waals surface area contributed by atoms with Gasteiger partial charge in [0.05, 0.1) is 0 Å². The third kappa shape index (κ3) is 3.67. The van der Waals surface area contributed by atoms with Crippen LogP contribution in [-0.4, -0.2) is 27.3 Å². The van der Waals surface area contributed by atoms with Gasteiger partial charge in [-0.25, -0.2) is 0 Å². The highest BCUT2D eigenvalue weighted by Crippen LogP contribution is 2.36. The number of rotatable bonds is 5. The first-order valence-electron chi connectivity index (χ1n) is 6.37. The van der Waals surface area contributed by atoms with Gasteiger partial charge in [0.15, 0.2) is 12.0 Å². The summed E-state index contributed by atoms with van der Waals surface area (Å²) in [6.45, 7) is 1.63. The number of hydrogen-bond acceptors (Lipinski definition) is 5. The van der Waals surface area contributed by atoms with Crippen molar-refractivity contribution < 1.29 is 35.2 Å². The summed E-state index contributed by atoms with van der Waals surface area (Å²) >= 11 is 0. The minimum atomic E-state index is -5.75. The molecule has 0 fully saturated rings. The van der Waals surface area contributed by atoms with Crippen LogP contribution in [0.3, 0.4) is 0 Å². The van der Waals surface area contributed by atoms with Crippen molar-refractivity contribution in [3.63, 3.8) is 0 Å². The smallest absolute Gasteiger partial charge is 0.465 e. The van der Waals surface area contributed by atoms with Gasteiger partial charge in [0, 0.05) is 17.9 Å². The SMILES string of the molecule is COC(C)Oc1ccc(OS(=O)(=O)C(F)(F)F)c2ccccc12. The van der Waals surface area contributed by atoms with Crippen LogP contribution in [0.4, 0.5) is 13.2 Å². The third-order valence-corrected chi connectivity index (χ3v) is 3.92. The zero-order valence-corrected chi connectivity index (χ0v) is 12.9. The van der Waals surface area contributed by atoms with Crippen LogP contribution >= 0.6 is 0 Å². The molecule has 0 heterocycles.